The summed E-state index contributed by atoms with van der Waals surface area (Å²) in [4.78, 5) is 38.3. The Bertz CT molecular complexity index is 1290. The molecule has 0 saturated carbocycles. The molecule has 0 bridgehead atoms. The van der Waals surface area contributed by atoms with Crippen LogP contribution in [0.3, 0.4) is 0 Å². The number of hydrogen-bond acceptors (Lipinski definition) is 9. The molecule has 0 radical (unpaired) electrons. The number of ether oxygens (including phenoxy) is 2. The fraction of sp³-hybridized carbons (Fsp3) is 0.444. The number of rotatable bonds is 21. The summed E-state index contributed by atoms with van der Waals surface area (Å²) in [5.41, 5.74) is 5.71. The van der Waals surface area contributed by atoms with Gasteiger partial charge in [0.15, 0.2) is 0 Å². The van der Waals surface area contributed by atoms with Crippen molar-refractivity contribution < 1.29 is 19.1 Å². The van der Waals surface area contributed by atoms with E-state index in [0.29, 0.717) is 25.9 Å². The molecular weight excluding hydrogens is 631 g/mol. The predicted octanol–water partition coefficient (Wildman–Crippen LogP) is 7.64. The van der Waals surface area contributed by atoms with Gasteiger partial charge in [-0.25, -0.2) is 9.59 Å². The molecule has 0 aliphatic carbocycles. The number of carbonyl (C=O) groups excluding carboxylic acids is 2. The molecule has 2 aromatic heterocycles. The topological polar surface area (TPSA) is 106 Å². The fourth-order valence-corrected chi connectivity index (χ4v) is 6.44. The molecule has 47 heavy (non-hydrogen) atoms. The summed E-state index contributed by atoms with van der Waals surface area (Å²) in [6.07, 6.45) is 10.9. The van der Waals surface area contributed by atoms with E-state index in [1.54, 1.807) is 23.4 Å². The van der Waals surface area contributed by atoms with E-state index in [9.17, 15) is 9.59 Å². The minimum atomic E-state index is -0.454. The molecule has 2 amide bonds. The zero-order chi connectivity index (χ0) is 32.9. The zero-order valence-electron chi connectivity index (χ0n) is 27.2. The number of nitrogens with zero attached hydrogens (tertiary/aromatic N) is 3. The summed E-state index contributed by atoms with van der Waals surface area (Å²) < 4.78 is 11.1. The van der Waals surface area contributed by atoms with Crippen LogP contribution in [0.1, 0.15) is 66.3 Å². The number of hydrogen-bond donors (Lipinski definition) is 2. The van der Waals surface area contributed by atoms with E-state index in [1.165, 1.54) is 48.4 Å². The average Bonchev–Trinajstić information content (AvgIpc) is 3.80. The van der Waals surface area contributed by atoms with Crippen molar-refractivity contribution in [2.45, 2.75) is 83.6 Å². The Morgan fingerprint density at radius 2 is 1.17 bits per heavy atom. The predicted molar refractivity (Wildman–Crippen MR) is 189 cm³/mol. The number of nitrogens with one attached hydrogen (secondary N) is 2. The molecule has 11 heteroatoms. The second kappa shape index (κ2) is 21.1. The maximum absolute atomic E-state index is 13.0. The largest absolute Gasteiger partial charge is 0.444 e. The van der Waals surface area contributed by atoms with E-state index in [2.05, 4.69) is 56.7 Å². The summed E-state index contributed by atoms with van der Waals surface area (Å²) in [6, 6.07) is 19.9. The van der Waals surface area contributed by atoms with Gasteiger partial charge in [-0.05, 0) is 36.9 Å². The molecule has 0 aliphatic rings. The Labute approximate surface area is 286 Å². The lowest BCUT2D eigenvalue weighted by atomic mass is 10.0. The molecule has 4 aromatic rings. The molecule has 9 nitrogen and oxygen atoms in total. The lowest BCUT2D eigenvalue weighted by Crippen LogP contribution is -2.50. The summed E-state index contributed by atoms with van der Waals surface area (Å²) in [5.74, 6) is 0. The van der Waals surface area contributed by atoms with Crippen molar-refractivity contribution in [2.75, 3.05) is 19.6 Å². The van der Waals surface area contributed by atoms with Crippen LogP contribution in [-0.4, -0.2) is 58.8 Å². The molecule has 4 rings (SSSR count). The minimum absolute atomic E-state index is 0.183. The lowest BCUT2D eigenvalue weighted by molar-refractivity contribution is 0.126. The van der Waals surface area contributed by atoms with Gasteiger partial charge in [0.05, 0.1) is 20.8 Å². The monoisotopic (exact) mass is 677 g/mol. The first-order valence-corrected chi connectivity index (χ1v) is 18.2. The highest BCUT2D eigenvalue weighted by Crippen LogP contribution is 2.13. The molecular formula is C36H47N5O4S2. The van der Waals surface area contributed by atoms with E-state index in [4.69, 9.17) is 9.47 Å². The third-order valence-corrected chi connectivity index (χ3v) is 9.24. The van der Waals surface area contributed by atoms with Gasteiger partial charge < -0.3 is 20.1 Å². The van der Waals surface area contributed by atoms with Crippen molar-refractivity contribution in [1.29, 1.82) is 0 Å². The number of carbonyl (C=O) groups is 2. The van der Waals surface area contributed by atoms with Gasteiger partial charge in [0.25, 0.3) is 0 Å². The molecule has 2 heterocycles. The van der Waals surface area contributed by atoms with Gasteiger partial charge in [-0.3, -0.25) is 14.9 Å². The zero-order valence-corrected chi connectivity index (χ0v) is 28.9. The van der Waals surface area contributed by atoms with Crippen molar-refractivity contribution in [1.82, 2.24) is 25.5 Å². The summed E-state index contributed by atoms with van der Waals surface area (Å²) in [5, 5.41) is 6.28. The second-order valence-electron chi connectivity index (χ2n) is 11.7. The van der Waals surface area contributed by atoms with Crippen LogP contribution in [0.15, 0.2) is 84.1 Å². The smallest absolute Gasteiger partial charge is 0.407 e. The normalized spacial score (nSPS) is 12.4. The highest BCUT2D eigenvalue weighted by atomic mass is 32.1. The van der Waals surface area contributed by atoms with Crippen LogP contribution in [0.4, 0.5) is 9.59 Å². The van der Waals surface area contributed by atoms with E-state index >= 15 is 0 Å². The molecule has 0 spiro atoms. The third-order valence-electron chi connectivity index (χ3n) is 7.74. The van der Waals surface area contributed by atoms with Crippen LogP contribution in [0.2, 0.25) is 0 Å². The molecule has 2 N–H and O–H groups in total. The Balaban J connectivity index is 1.47. The van der Waals surface area contributed by atoms with Crippen molar-refractivity contribution >= 4 is 34.9 Å². The number of aromatic nitrogens is 2. The quantitative estimate of drug-likeness (QED) is 0.0874. The highest BCUT2D eigenvalue weighted by Gasteiger charge is 2.23. The standard InChI is InChI=1S/C36H47N5O4S2/c1-2-3-4-5-6-13-18-41(23-31(19-29-14-9-7-10-15-29)39-35(42)44-25-33-21-37-27-46-33)24-32(20-30-16-11-8-12-17-30)40-36(43)45-26-34-22-38-28-47-34/h7-12,14-17,21-22,27-28,31-32H,2-6,13,18-20,23-26H2,1H3,(H,39,42)(H,40,43)/t31-,32-/m0/s1. The lowest BCUT2D eigenvalue weighted by Gasteiger charge is -2.31. The Morgan fingerprint density at radius 3 is 1.62 bits per heavy atom. The van der Waals surface area contributed by atoms with Crippen LogP contribution < -0.4 is 10.6 Å². The summed E-state index contributed by atoms with van der Waals surface area (Å²) in [6.45, 7) is 4.64. The molecule has 0 fully saturated rings. The molecule has 252 valence electrons. The first kappa shape index (κ1) is 36.0. The van der Waals surface area contributed by atoms with Crippen molar-refractivity contribution in [2.24, 2.45) is 0 Å². The van der Waals surface area contributed by atoms with Crippen molar-refractivity contribution in [3.63, 3.8) is 0 Å². The maximum Gasteiger partial charge on any atom is 0.407 e. The Kier molecular flexibility index (Phi) is 16.2. The Hall–Kier alpha value is -3.80. The van der Waals surface area contributed by atoms with E-state index in [1.807, 2.05) is 36.4 Å². The van der Waals surface area contributed by atoms with Crippen molar-refractivity contribution in [3.05, 3.63) is 105 Å². The van der Waals surface area contributed by atoms with Crippen LogP contribution in [0.5, 0.6) is 0 Å². The number of unbranched alkanes of at least 4 members (excludes halogenated alkanes) is 5. The van der Waals surface area contributed by atoms with Gasteiger partial charge in [0, 0.05) is 37.6 Å². The van der Waals surface area contributed by atoms with Gasteiger partial charge in [-0.2, -0.15) is 0 Å². The van der Waals surface area contributed by atoms with Crippen LogP contribution in [0, 0.1) is 0 Å². The molecule has 0 aliphatic heterocycles. The molecule has 2 aromatic carbocycles. The van der Waals surface area contributed by atoms with Gasteiger partial charge in [0.2, 0.25) is 0 Å². The van der Waals surface area contributed by atoms with Crippen LogP contribution in [0.25, 0.3) is 0 Å². The van der Waals surface area contributed by atoms with E-state index in [-0.39, 0.29) is 25.3 Å². The summed E-state index contributed by atoms with van der Waals surface area (Å²) in [7, 11) is 0. The number of benzene rings is 2. The SMILES string of the molecule is CCCCCCCCN(C[C@H](Cc1ccccc1)NC(=O)OCc1cncs1)C[C@H](Cc1ccccc1)NC(=O)OCc1cncs1. The maximum atomic E-state index is 13.0. The first-order valence-electron chi connectivity index (χ1n) is 16.5. The third kappa shape index (κ3) is 14.7. The fourth-order valence-electron chi connectivity index (χ4n) is 5.43. The highest BCUT2D eigenvalue weighted by molar-refractivity contribution is 7.09. The van der Waals surface area contributed by atoms with Gasteiger partial charge in [-0.15, -0.1) is 22.7 Å². The summed E-state index contributed by atoms with van der Waals surface area (Å²) >= 11 is 2.91. The first-order chi connectivity index (χ1) is 23.1. The van der Waals surface area contributed by atoms with Crippen molar-refractivity contribution in [3.8, 4) is 0 Å². The second-order valence-corrected chi connectivity index (χ2v) is 13.6. The number of thiazole rings is 2. The van der Waals surface area contributed by atoms with Gasteiger partial charge in [-0.1, -0.05) is 99.7 Å². The van der Waals surface area contributed by atoms with Crippen LogP contribution in [-0.2, 0) is 35.5 Å². The van der Waals surface area contributed by atoms with Crippen LogP contribution >= 0.6 is 22.7 Å². The van der Waals surface area contributed by atoms with E-state index in [0.717, 1.165) is 40.3 Å². The molecule has 0 saturated heterocycles. The van der Waals surface area contributed by atoms with E-state index < -0.39 is 12.2 Å². The number of amides is 2. The average molecular weight is 678 g/mol. The Morgan fingerprint density at radius 1 is 0.702 bits per heavy atom. The molecule has 2 atom stereocenters. The van der Waals surface area contributed by atoms with Gasteiger partial charge in [0.1, 0.15) is 13.2 Å². The minimum Gasteiger partial charge on any atom is -0.444 e. The molecule has 0 unspecified atom stereocenters. The van der Waals surface area contributed by atoms with Gasteiger partial charge >= 0.3 is 12.2 Å². The number of alkyl carbamates (subject to hydrolysis) is 2.